The number of hydrogen-bond acceptors (Lipinski definition) is 5. The lowest BCUT2D eigenvalue weighted by molar-refractivity contribution is -0.119. The molecule has 100 valence electrons. The maximum atomic E-state index is 10.8. The molecule has 2 unspecified atom stereocenters. The lowest BCUT2D eigenvalue weighted by Gasteiger charge is -2.25. The van der Waals surface area contributed by atoms with Crippen molar-refractivity contribution in [1.82, 2.24) is 3.71 Å². The topological polar surface area (TPSA) is 101 Å². The van der Waals surface area contributed by atoms with Crippen LogP contribution in [-0.4, -0.2) is 27.1 Å². The molecule has 6 nitrogen and oxygen atoms in total. The third-order valence-corrected chi connectivity index (χ3v) is 3.07. The van der Waals surface area contributed by atoms with Gasteiger partial charge in [-0.25, -0.2) is 0 Å². The zero-order chi connectivity index (χ0) is 14.1. The van der Waals surface area contributed by atoms with Gasteiger partial charge in [-0.15, -0.1) is 0 Å². The highest BCUT2D eigenvalue weighted by Crippen LogP contribution is 2.02. The van der Waals surface area contributed by atoms with Gasteiger partial charge in [-0.1, -0.05) is 43.0 Å². The summed E-state index contributed by atoms with van der Waals surface area (Å²) in [5.41, 5.74) is -0.177. The van der Waals surface area contributed by atoms with Gasteiger partial charge in [-0.2, -0.15) is 3.71 Å². The largest absolute Gasteiger partial charge is 0.754 e. The van der Waals surface area contributed by atoms with Crippen LogP contribution in [0.15, 0.2) is 48.6 Å². The van der Waals surface area contributed by atoms with Crippen molar-refractivity contribution in [2.45, 2.75) is 6.92 Å². The molecule has 0 fully saturated rings. The molecule has 1 rings (SSSR count). The summed E-state index contributed by atoms with van der Waals surface area (Å²) >= 11 is -6.25. The molecule has 0 aromatic heterocycles. The molecule has 0 aliphatic heterocycles. The zero-order valence-corrected chi connectivity index (χ0v) is 11.1. The van der Waals surface area contributed by atoms with Crippen molar-refractivity contribution in [3.8, 4) is 0 Å². The normalized spacial score (nSPS) is 12.6. The lowest BCUT2D eigenvalue weighted by atomic mass is 10.3. The van der Waals surface area contributed by atoms with Gasteiger partial charge in [0.25, 0.3) is 5.91 Å². The molecule has 0 radical (unpaired) electrons. The first-order chi connectivity index (χ1) is 8.37. The number of benzene rings is 1. The Morgan fingerprint density at radius 2 is 1.28 bits per heavy atom. The van der Waals surface area contributed by atoms with E-state index in [1.165, 1.54) is 6.92 Å². The van der Waals surface area contributed by atoms with Crippen molar-refractivity contribution in [3.63, 3.8) is 0 Å². The summed E-state index contributed by atoms with van der Waals surface area (Å²) < 4.78 is 40.3. The fraction of sp³-hybridized carbons (Fsp3) is 0.100. The van der Waals surface area contributed by atoms with Crippen molar-refractivity contribution in [2.24, 2.45) is 0 Å². The van der Waals surface area contributed by atoms with Gasteiger partial charge in [-0.05, 0) is 6.92 Å². The predicted octanol–water partition coefficient (Wildman–Crippen LogP) is 0.666. The van der Waals surface area contributed by atoms with Crippen molar-refractivity contribution in [3.05, 3.63) is 48.6 Å². The van der Waals surface area contributed by atoms with Crippen LogP contribution in [0.1, 0.15) is 6.92 Å². The van der Waals surface area contributed by atoms with Gasteiger partial charge in [0.15, 0.2) is 0 Å². The maximum Gasteiger partial charge on any atom is 0.271 e. The highest BCUT2D eigenvalue weighted by atomic mass is 32.3. The Balaban J connectivity index is 0.000000397. The number of carbonyl (C=O) groups is 1. The Hall–Kier alpha value is -1.35. The monoisotopic (exact) mass is 289 g/mol. The van der Waals surface area contributed by atoms with Gasteiger partial charge in [0.1, 0.15) is 0 Å². The van der Waals surface area contributed by atoms with Gasteiger partial charge >= 0.3 is 0 Å². The molecule has 0 saturated carbocycles. The van der Waals surface area contributed by atoms with Crippen LogP contribution >= 0.6 is 0 Å². The molecule has 0 aliphatic rings. The molecule has 1 aromatic rings. The molecule has 8 heteroatoms. The fourth-order valence-electron chi connectivity index (χ4n) is 0.726. The quantitative estimate of drug-likeness (QED) is 0.601. The van der Waals surface area contributed by atoms with Crippen LogP contribution in [0.4, 0.5) is 0 Å². The standard InChI is InChI=1S/C6H6.C4H7NO5S2/c1-2-4-6-5-3-1;1-3(2)4(6)5(11(7)8)12(9)10/h1-6H;1H2,2H3,(H,7,8)(H,9,10)/p-2. The zero-order valence-electron chi connectivity index (χ0n) is 9.48. The smallest absolute Gasteiger partial charge is 0.271 e. The summed E-state index contributed by atoms with van der Waals surface area (Å²) in [7, 11) is 0. The minimum atomic E-state index is -3.12. The van der Waals surface area contributed by atoms with Crippen LogP contribution in [0.2, 0.25) is 0 Å². The van der Waals surface area contributed by atoms with Crippen LogP contribution in [0.3, 0.4) is 0 Å². The molecular weight excluding hydrogens is 278 g/mol. The van der Waals surface area contributed by atoms with Gasteiger partial charge < -0.3 is 9.11 Å². The van der Waals surface area contributed by atoms with Crippen molar-refractivity contribution in [2.75, 3.05) is 0 Å². The Labute approximate surface area is 110 Å². The number of rotatable bonds is 3. The Morgan fingerprint density at radius 1 is 1.00 bits per heavy atom. The molecule has 0 heterocycles. The molecule has 1 amide bonds. The molecule has 1 aromatic carbocycles. The highest BCUT2D eigenvalue weighted by molar-refractivity contribution is 7.93. The second kappa shape index (κ2) is 8.70. The van der Waals surface area contributed by atoms with Gasteiger partial charge in [0, 0.05) is 5.57 Å². The van der Waals surface area contributed by atoms with E-state index >= 15 is 0 Å². The average Bonchev–Trinajstić information content (AvgIpc) is 2.31. The van der Waals surface area contributed by atoms with Gasteiger partial charge in [0.2, 0.25) is 0 Å². The number of nitrogens with zero attached hydrogens (tertiary/aromatic N) is 1. The summed E-state index contributed by atoms with van der Waals surface area (Å²) in [5.74, 6) is -1.17. The summed E-state index contributed by atoms with van der Waals surface area (Å²) in [4.78, 5) is 10.8. The Morgan fingerprint density at radius 3 is 1.39 bits per heavy atom. The van der Waals surface area contributed by atoms with E-state index in [4.69, 9.17) is 0 Å². The van der Waals surface area contributed by atoms with E-state index in [1.807, 2.05) is 36.4 Å². The molecule has 0 N–H and O–H groups in total. The summed E-state index contributed by atoms with van der Waals surface area (Å²) in [6.45, 7) is 4.31. The third kappa shape index (κ3) is 6.40. The Bertz CT molecular complexity index is 408. The van der Waals surface area contributed by atoms with Crippen LogP contribution < -0.4 is 0 Å². The van der Waals surface area contributed by atoms with E-state index in [-0.39, 0.29) is 9.28 Å². The predicted molar refractivity (Wildman–Crippen MR) is 65.9 cm³/mol. The second-order valence-corrected chi connectivity index (χ2v) is 4.76. The van der Waals surface area contributed by atoms with Crippen LogP contribution in [0.5, 0.6) is 0 Å². The molecular formula is C10H11NO5S2-2. The maximum absolute atomic E-state index is 10.8. The van der Waals surface area contributed by atoms with E-state index in [9.17, 15) is 22.3 Å². The van der Waals surface area contributed by atoms with Crippen molar-refractivity contribution < 1.29 is 22.3 Å². The third-order valence-electron chi connectivity index (χ3n) is 1.47. The summed E-state index contributed by atoms with van der Waals surface area (Å²) in [6.07, 6.45) is 0. The first-order valence-electron chi connectivity index (χ1n) is 4.56. The molecule has 18 heavy (non-hydrogen) atoms. The minimum absolute atomic E-state index is 0.177. The minimum Gasteiger partial charge on any atom is -0.754 e. The number of carbonyl (C=O) groups excluding carboxylic acids is 1. The van der Waals surface area contributed by atoms with Crippen LogP contribution in [0, 0.1) is 0 Å². The highest BCUT2D eigenvalue weighted by Gasteiger charge is 2.15. The second-order valence-electron chi connectivity index (χ2n) is 2.93. The SMILES string of the molecule is C=C(C)C(=O)N(S(=O)[O-])S(=O)[O-].c1ccccc1. The van der Waals surface area contributed by atoms with E-state index < -0.39 is 28.4 Å². The van der Waals surface area contributed by atoms with E-state index in [0.29, 0.717) is 0 Å². The lowest BCUT2D eigenvalue weighted by Crippen LogP contribution is -2.34. The molecule has 0 spiro atoms. The van der Waals surface area contributed by atoms with Gasteiger partial charge in [-0.3, -0.25) is 13.2 Å². The van der Waals surface area contributed by atoms with E-state index in [0.717, 1.165) is 0 Å². The first kappa shape index (κ1) is 16.6. The van der Waals surface area contributed by atoms with Crippen molar-refractivity contribution in [1.29, 1.82) is 0 Å². The number of hydrogen-bond donors (Lipinski definition) is 0. The number of amides is 1. The van der Waals surface area contributed by atoms with E-state index in [1.54, 1.807) is 0 Å². The summed E-state index contributed by atoms with van der Waals surface area (Å²) in [6, 6.07) is 12.0. The molecule has 0 saturated heterocycles. The average molecular weight is 289 g/mol. The first-order valence-corrected chi connectivity index (χ1v) is 6.63. The van der Waals surface area contributed by atoms with Crippen LogP contribution in [0.25, 0.3) is 0 Å². The summed E-state index contributed by atoms with van der Waals surface area (Å²) in [5, 5.41) is 0. The fourth-order valence-corrected chi connectivity index (χ4v) is 1.71. The van der Waals surface area contributed by atoms with Gasteiger partial charge in [0.05, 0.1) is 22.5 Å². The van der Waals surface area contributed by atoms with Crippen LogP contribution in [-0.2, 0) is 27.3 Å². The van der Waals surface area contributed by atoms with E-state index in [2.05, 4.69) is 6.58 Å². The molecule has 2 atom stereocenters. The van der Waals surface area contributed by atoms with Crippen molar-refractivity contribution >= 4 is 28.4 Å². The molecule has 0 bridgehead atoms. The Kier molecular flexibility index (Phi) is 8.05. The molecule has 0 aliphatic carbocycles.